The average molecular weight is 442 g/mol. The number of nitrogens with zero attached hydrogens (tertiary/aromatic N) is 1. The van der Waals surface area contributed by atoms with E-state index in [2.05, 4.69) is 45.7 Å². The monoisotopic (exact) mass is 441 g/mol. The van der Waals surface area contributed by atoms with Crippen LogP contribution in [-0.2, 0) is 17.8 Å². The Labute approximate surface area is 186 Å². The van der Waals surface area contributed by atoms with Crippen molar-refractivity contribution in [2.24, 2.45) is 0 Å². The molecule has 1 saturated heterocycles. The quantitative estimate of drug-likeness (QED) is 0.560. The van der Waals surface area contributed by atoms with Crippen LogP contribution in [0, 0.1) is 13.8 Å². The molecule has 158 valence electrons. The van der Waals surface area contributed by atoms with Gasteiger partial charge in [0, 0.05) is 23.6 Å². The maximum Gasteiger partial charge on any atom is 0.253 e. The Bertz CT molecular complexity index is 1090. The van der Waals surface area contributed by atoms with E-state index < -0.39 is 0 Å². The van der Waals surface area contributed by atoms with Gasteiger partial charge >= 0.3 is 0 Å². The van der Waals surface area contributed by atoms with Crippen molar-refractivity contribution in [3.8, 4) is 0 Å². The van der Waals surface area contributed by atoms with Crippen molar-refractivity contribution < 1.29 is 4.74 Å². The van der Waals surface area contributed by atoms with Crippen molar-refractivity contribution in [2.45, 2.75) is 45.9 Å². The van der Waals surface area contributed by atoms with Crippen LogP contribution in [0.25, 0.3) is 10.9 Å². The van der Waals surface area contributed by atoms with Gasteiger partial charge in [-0.1, -0.05) is 18.2 Å². The molecule has 30 heavy (non-hydrogen) atoms. The van der Waals surface area contributed by atoms with Gasteiger partial charge in [-0.25, -0.2) is 0 Å². The molecule has 0 aliphatic carbocycles. The number of thiophene rings is 1. The number of rotatable bonds is 6. The molecule has 0 amide bonds. The highest BCUT2D eigenvalue weighted by molar-refractivity contribution is 7.80. The molecule has 1 unspecified atom stereocenters. The molecule has 0 radical (unpaired) electrons. The van der Waals surface area contributed by atoms with Gasteiger partial charge in [0.1, 0.15) is 0 Å². The smallest absolute Gasteiger partial charge is 0.253 e. The summed E-state index contributed by atoms with van der Waals surface area (Å²) in [7, 11) is 0. The Morgan fingerprint density at radius 2 is 2.20 bits per heavy atom. The summed E-state index contributed by atoms with van der Waals surface area (Å²) in [6.45, 7) is 6.74. The predicted octanol–water partition coefficient (Wildman–Crippen LogP) is 4.26. The van der Waals surface area contributed by atoms with E-state index >= 15 is 0 Å². The van der Waals surface area contributed by atoms with Crippen LogP contribution in [0.15, 0.2) is 40.5 Å². The first-order chi connectivity index (χ1) is 14.5. The molecule has 1 aromatic carbocycles. The molecule has 3 heterocycles. The number of thiocarbonyl (C=S) groups is 1. The highest BCUT2D eigenvalue weighted by Gasteiger charge is 2.19. The fraction of sp³-hybridized carbons (Fsp3) is 0.391. The fourth-order valence-electron chi connectivity index (χ4n) is 3.80. The van der Waals surface area contributed by atoms with Crippen LogP contribution in [0.5, 0.6) is 0 Å². The molecule has 7 heteroatoms. The second-order valence-corrected chi connectivity index (χ2v) is 9.27. The lowest BCUT2D eigenvalue weighted by atomic mass is 10.0. The maximum absolute atomic E-state index is 12.9. The number of aromatic nitrogens is 1. The molecule has 3 aromatic rings. The van der Waals surface area contributed by atoms with E-state index in [-0.39, 0.29) is 11.7 Å². The van der Waals surface area contributed by atoms with Gasteiger partial charge in [-0.05, 0) is 72.9 Å². The number of pyridine rings is 1. The number of hydrogen-bond acceptors (Lipinski definition) is 4. The Morgan fingerprint density at radius 3 is 2.93 bits per heavy atom. The number of H-pyrrole nitrogens is 1. The van der Waals surface area contributed by atoms with E-state index in [1.165, 1.54) is 10.4 Å². The summed E-state index contributed by atoms with van der Waals surface area (Å²) >= 11 is 7.40. The van der Waals surface area contributed by atoms with Gasteiger partial charge in [0.05, 0.1) is 24.7 Å². The topological polar surface area (TPSA) is 57.4 Å². The zero-order valence-electron chi connectivity index (χ0n) is 17.4. The van der Waals surface area contributed by atoms with Gasteiger partial charge in [-0.2, -0.15) is 0 Å². The Balaban J connectivity index is 1.57. The van der Waals surface area contributed by atoms with Gasteiger partial charge in [0.2, 0.25) is 0 Å². The number of aryl methyl sites for hydroxylation is 2. The van der Waals surface area contributed by atoms with E-state index in [1.807, 2.05) is 19.1 Å². The summed E-state index contributed by atoms with van der Waals surface area (Å²) in [6, 6.07) is 10.3. The minimum absolute atomic E-state index is 0.0608. The van der Waals surface area contributed by atoms with Crippen molar-refractivity contribution >= 4 is 39.6 Å². The van der Waals surface area contributed by atoms with Crippen LogP contribution in [0.4, 0.5) is 0 Å². The summed E-state index contributed by atoms with van der Waals surface area (Å²) in [5, 5.41) is 7.11. The fourth-order valence-corrected chi connectivity index (χ4v) is 4.73. The third-order valence-electron chi connectivity index (χ3n) is 5.71. The third kappa shape index (κ3) is 4.74. The molecule has 1 fully saturated rings. The SMILES string of the molecule is Cc1ccc2cc(CN(Cc3cccs3)C(=S)NCC3CCCO3)c(=O)[nH]c2c1C. The molecule has 0 bridgehead atoms. The standard InChI is InChI=1S/C23H27N3O2S2/c1-15-7-8-17-11-18(22(27)25-21(17)16(15)2)13-26(14-20-6-4-10-30-20)23(29)24-12-19-5-3-9-28-19/h4,6-8,10-11,19H,3,5,9,12-14H2,1-2H3,(H,24,29)(H,25,27). The van der Waals surface area contributed by atoms with E-state index in [4.69, 9.17) is 17.0 Å². The number of benzene rings is 1. The minimum Gasteiger partial charge on any atom is -0.376 e. The molecule has 0 saturated carbocycles. The first kappa shape index (κ1) is 21.0. The zero-order valence-corrected chi connectivity index (χ0v) is 19.0. The first-order valence-electron chi connectivity index (χ1n) is 10.3. The lowest BCUT2D eigenvalue weighted by molar-refractivity contribution is 0.113. The molecule has 4 rings (SSSR count). The summed E-state index contributed by atoms with van der Waals surface area (Å²) in [5.41, 5.74) is 3.84. The van der Waals surface area contributed by atoms with Crippen molar-refractivity contribution in [1.29, 1.82) is 0 Å². The molecule has 2 N–H and O–H groups in total. The normalized spacial score (nSPS) is 16.1. The van der Waals surface area contributed by atoms with E-state index in [0.717, 1.165) is 35.9 Å². The molecular formula is C23H27N3O2S2. The van der Waals surface area contributed by atoms with Gasteiger partial charge < -0.3 is 19.9 Å². The number of ether oxygens (including phenoxy) is 1. The molecule has 5 nitrogen and oxygen atoms in total. The van der Waals surface area contributed by atoms with E-state index in [1.54, 1.807) is 11.3 Å². The second kappa shape index (κ2) is 9.29. The minimum atomic E-state index is -0.0608. The first-order valence-corrected chi connectivity index (χ1v) is 11.6. The molecule has 1 atom stereocenters. The van der Waals surface area contributed by atoms with Crippen molar-refractivity contribution in [3.05, 3.63) is 67.6 Å². The average Bonchev–Trinajstić information content (AvgIpc) is 3.44. The Kier molecular flexibility index (Phi) is 6.51. The molecule has 2 aromatic heterocycles. The lowest BCUT2D eigenvalue weighted by Crippen LogP contribution is -2.42. The van der Waals surface area contributed by atoms with Gasteiger partial charge in [0.15, 0.2) is 5.11 Å². The zero-order chi connectivity index (χ0) is 21.1. The van der Waals surface area contributed by atoms with Gasteiger partial charge in [0.25, 0.3) is 5.56 Å². The largest absolute Gasteiger partial charge is 0.376 e. The molecule has 0 spiro atoms. The van der Waals surface area contributed by atoms with Crippen LogP contribution < -0.4 is 10.9 Å². The number of fused-ring (bicyclic) bond motifs is 1. The molecule has 1 aliphatic heterocycles. The summed E-state index contributed by atoms with van der Waals surface area (Å²) in [6.07, 6.45) is 2.37. The highest BCUT2D eigenvalue weighted by Crippen LogP contribution is 2.20. The van der Waals surface area contributed by atoms with Crippen LogP contribution >= 0.6 is 23.6 Å². The van der Waals surface area contributed by atoms with E-state index in [9.17, 15) is 4.79 Å². The van der Waals surface area contributed by atoms with Crippen molar-refractivity contribution in [1.82, 2.24) is 15.2 Å². The van der Waals surface area contributed by atoms with Crippen LogP contribution in [-0.4, -0.2) is 34.3 Å². The van der Waals surface area contributed by atoms with Crippen molar-refractivity contribution in [3.63, 3.8) is 0 Å². The summed E-state index contributed by atoms with van der Waals surface area (Å²) in [4.78, 5) is 19.2. The van der Waals surface area contributed by atoms with Gasteiger partial charge in [-0.3, -0.25) is 4.79 Å². The number of hydrogen-bond donors (Lipinski definition) is 2. The molecule has 1 aliphatic rings. The van der Waals surface area contributed by atoms with Crippen LogP contribution in [0.2, 0.25) is 0 Å². The second-order valence-electron chi connectivity index (χ2n) is 7.85. The van der Waals surface area contributed by atoms with Crippen molar-refractivity contribution in [2.75, 3.05) is 13.2 Å². The van der Waals surface area contributed by atoms with Crippen LogP contribution in [0.3, 0.4) is 0 Å². The van der Waals surface area contributed by atoms with Gasteiger partial charge in [-0.15, -0.1) is 11.3 Å². The summed E-state index contributed by atoms with van der Waals surface area (Å²) in [5.74, 6) is 0. The number of nitrogens with one attached hydrogen (secondary N) is 2. The highest BCUT2D eigenvalue weighted by atomic mass is 32.1. The number of aromatic amines is 1. The summed E-state index contributed by atoms with van der Waals surface area (Å²) < 4.78 is 5.70. The predicted molar refractivity (Wildman–Crippen MR) is 127 cm³/mol. The van der Waals surface area contributed by atoms with E-state index in [0.29, 0.717) is 30.3 Å². The third-order valence-corrected chi connectivity index (χ3v) is 6.97. The Morgan fingerprint density at radius 1 is 1.33 bits per heavy atom. The van der Waals surface area contributed by atoms with Crippen LogP contribution in [0.1, 0.15) is 34.4 Å². The Hall–Kier alpha value is -2.22. The maximum atomic E-state index is 12.9. The molecular weight excluding hydrogens is 414 g/mol. The lowest BCUT2D eigenvalue weighted by Gasteiger charge is -2.26.